The summed E-state index contributed by atoms with van der Waals surface area (Å²) < 4.78 is 1.01. The largest absolute Gasteiger partial charge is 0.508 e. The second kappa shape index (κ2) is 5.29. The molecule has 1 N–H and O–H groups in total. The number of benzene rings is 1. The summed E-state index contributed by atoms with van der Waals surface area (Å²) in [6, 6.07) is 8.16. The quantitative estimate of drug-likeness (QED) is 0.684. The Morgan fingerprint density at radius 3 is 2.59 bits per heavy atom. The van der Waals surface area contributed by atoms with Crippen LogP contribution in [-0.2, 0) is 0 Å². The van der Waals surface area contributed by atoms with E-state index in [4.69, 9.17) is 5.11 Å². The first-order valence-corrected chi connectivity index (χ1v) is 6.58. The molecule has 2 nitrogen and oxygen atoms in total. The van der Waals surface area contributed by atoms with Gasteiger partial charge in [-0.05, 0) is 58.4 Å². The fourth-order valence-electron chi connectivity index (χ4n) is 1.30. The van der Waals surface area contributed by atoms with Crippen LogP contribution >= 0.6 is 27.3 Å². The van der Waals surface area contributed by atoms with Crippen LogP contribution in [0.5, 0.6) is 5.75 Å². The number of carbonyl (C=O) groups excluding carboxylic acids is 1. The van der Waals surface area contributed by atoms with Gasteiger partial charge in [-0.3, -0.25) is 4.79 Å². The Morgan fingerprint density at radius 1 is 1.29 bits per heavy atom. The van der Waals surface area contributed by atoms with Gasteiger partial charge < -0.3 is 5.11 Å². The predicted molar refractivity (Wildman–Crippen MR) is 73.5 cm³/mol. The average Bonchev–Trinajstić information content (AvgIpc) is 2.73. The number of allylic oxidation sites excluding steroid dienone is 1. The SMILES string of the molecule is O=C(/C=C\c1cc(Br)cs1)c1ccc(O)cc1. The molecule has 0 atom stereocenters. The molecule has 0 radical (unpaired) electrons. The molecule has 2 aromatic rings. The van der Waals surface area contributed by atoms with Crippen LogP contribution in [0.15, 0.2) is 46.3 Å². The van der Waals surface area contributed by atoms with E-state index in [1.54, 1.807) is 29.5 Å². The van der Waals surface area contributed by atoms with E-state index in [1.807, 2.05) is 11.4 Å². The lowest BCUT2D eigenvalue weighted by Gasteiger charge is -1.95. The third-order valence-electron chi connectivity index (χ3n) is 2.14. The first-order chi connectivity index (χ1) is 8.15. The van der Waals surface area contributed by atoms with E-state index in [9.17, 15) is 4.79 Å². The fraction of sp³-hybridized carbons (Fsp3) is 0. The molecule has 0 saturated heterocycles. The molecule has 0 bridgehead atoms. The van der Waals surface area contributed by atoms with Crippen LogP contribution in [0, 0.1) is 0 Å². The van der Waals surface area contributed by atoms with Crippen LogP contribution in [0.4, 0.5) is 0 Å². The standard InChI is InChI=1S/C13H9BrO2S/c14-10-7-12(17-8-10)5-6-13(16)9-1-3-11(15)4-2-9/h1-8,15H/b6-5-. The number of aromatic hydroxyl groups is 1. The number of ketones is 1. The van der Waals surface area contributed by atoms with Crippen molar-refractivity contribution in [3.63, 3.8) is 0 Å². The van der Waals surface area contributed by atoms with E-state index in [0.717, 1.165) is 9.35 Å². The molecule has 0 spiro atoms. The smallest absolute Gasteiger partial charge is 0.185 e. The molecule has 1 aromatic carbocycles. The molecule has 0 unspecified atom stereocenters. The van der Waals surface area contributed by atoms with Crippen molar-refractivity contribution < 1.29 is 9.90 Å². The van der Waals surface area contributed by atoms with Crippen LogP contribution in [0.2, 0.25) is 0 Å². The lowest BCUT2D eigenvalue weighted by molar-refractivity contribution is 0.104. The molecule has 0 aliphatic carbocycles. The van der Waals surface area contributed by atoms with Gasteiger partial charge >= 0.3 is 0 Å². The summed E-state index contributed by atoms with van der Waals surface area (Å²) >= 11 is 4.92. The van der Waals surface area contributed by atoms with Gasteiger partial charge in [0.15, 0.2) is 5.78 Å². The van der Waals surface area contributed by atoms with E-state index >= 15 is 0 Å². The van der Waals surface area contributed by atoms with Crippen molar-refractivity contribution in [3.05, 3.63) is 56.7 Å². The molecular formula is C13H9BrO2S. The summed E-state index contributed by atoms with van der Waals surface area (Å²) in [4.78, 5) is 12.8. The molecule has 2 rings (SSSR count). The van der Waals surface area contributed by atoms with Crippen molar-refractivity contribution in [3.8, 4) is 5.75 Å². The minimum Gasteiger partial charge on any atom is -0.508 e. The first kappa shape index (κ1) is 12.1. The molecule has 1 heterocycles. The van der Waals surface area contributed by atoms with Crippen molar-refractivity contribution in [1.29, 1.82) is 0 Å². The molecule has 4 heteroatoms. The number of hydrogen-bond acceptors (Lipinski definition) is 3. The van der Waals surface area contributed by atoms with Gasteiger partial charge in [-0.1, -0.05) is 0 Å². The first-order valence-electron chi connectivity index (χ1n) is 4.90. The van der Waals surface area contributed by atoms with Gasteiger partial charge in [0.05, 0.1) is 0 Å². The number of phenols is 1. The van der Waals surface area contributed by atoms with Crippen LogP contribution in [0.1, 0.15) is 15.2 Å². The number of carbonyl (C=O) groups is 1. The Kier molecular flexibility index (Phi) is 3.76. The van der Waals surface area contributed by atoms with Crippen molar-refractivity contribution in [2.45, 2.75) is 0 Å². The maximum absolute atomic E-state index is 11.8. The second-order valence-corrected chi connectivity index (χ2v) is 5.27. The summed E-state index contributed by atoms with van der Waals surface area (Å²) in [7, 11) is 0. The van der Waals surface area contributed by atoms with Crippen molar-refractivity contribution in [2.24, 2.45) is 0 Å². The topological polar surface area (TPSA) is 37.3 Å². The zero-order valence-electron chi connectivity index (χ0n) is 8.76. The minimum absolute atomic E-state index is 0.0745. The highest BCUT2D eigenvalue weighted by atomic mass is 79.9. The normalized spacial score (nSPS) is 10.9. The zero-order valence-corrected chi connectivity index (χ0v) is 11.2. The van der Waals surface area contributed by atoms with Crippen molar-refractivity contribution in [1.82, 2.24) is 0 Å². The molecule has 0 amide bonds. The summed E-state index contributed by atoms with van der Waals surface area (Å²) in [6.45, 7) is 0. The molecule has 0 aliphatic rings. The molecule has 0 saturated carbocycles. The summed E-state index contributed by atoms with van der Waals surface area (Å²) in [5.41, 5.74) is 0.565. The fourth-order valence-corrected chi connectivity index (χ4v) is 2.63. The lowest BCUT2D eigenvalue weighted by Crippen LogP contribution is -1.92. The minimum atomic E-state index is -0.0745. The second-order valence-electron chi connectivity index (χ2n) is 3.41. The van der Waals surface area contributed by atoms with Gasteiger partial charge in [0.2, 0.25) is 0 Å². The van der Waals surface area contributed by atoms with Crippen LogP contribution in [-0.4, -0.2) is 10.9 Å². The zero-order chi connectivity index (χ0) is 12.3. The maximum atomic E-state index is 11.8. The van der Waals surface area contributed by atoms with E-state index in [-0.39, 0.29) is 11.5 Å². The lowest BCUT2D eigenvalue weighted by atomic mass is 10.1. The van der Waals surface area contributed by atoms with E-state index in [1.165, 1.54) is 18.2 Å². The van der Waals surface area contributed by atoms with Crippen molar-refractivity contribution >= 4 is 39.1 Å². The van der Waals surface area contributed by atoms with Crippen LogP contribution in [0.25, 0.3) is 6.08 Å². The van der Waals surface area contributed by atoms with Crippen molar-refractivity contribution in [2.75, 3.05) is 0 Å². The molecule has 1 aromatic heterocycles. The molecule has 0 aliphatic heterocycles. The van der Waals surface area contributed by atoms with Gasteiger partial charge in [-0.2, -0.15) is 0 Å². The molecule has 0 fully saturated rings. The Balaban J connectivity index is 2.11. The summed E-state index contributed by atoms with van der Waals surface area (Å²) in [6.07, 6.45) is 3.31. The number of phenolic OH excluding ortho intramolecular Hbond substituents is 1. The monoisotopic (exact) mass is 308 g/mol. The van der Waals surface area contributed by atoms with Gasteiger partial charge in [0.25, 0.3) is 0 Å². The highest BCUT2D eigenvalue weighted by Gasteiger charge is 2.01. The maximum Gasteiger partial charge on any atom is 0.185 e. The summed E-state index contributed by atoms with van der Waals surface area (Å²) in [5.74, 6) is 0.0854. The van der Waals surface area contributed by atoms with Gasteiger partial charge in [-0.25, -0.2) is 0 Å². The van der Waals surface area contributed by atoms with E-state index in [0.29, 0.717) is 5.56 Å². The van der Waals surface area contributed by atoms with Gasteiger partial charge in [-0.15, -0.1) is 11.3 Å². The van der Waals surface area contributed by atoms with Gasteiger partial charge in [0.1, 0.15) is 5.75 Å². The van der Waals surface area contributed by atoms with E-state index in [2.05, 4.69) is 15.9 Å². The number of rotatable bonds is 3. The molecule has 17 heavy (non-hydrogen) atoms. The molecule has 86 valence electrons. The Labute approximate surface area is 111 Å². The Hall–Kier alpha value is -1.39. The number of hydrogen-bond donors (Lipinski definition) is 1. The highest BCUT2D eigenvalue weighted by Crippen LogP contribution is 2.21. The highest BCUT2D eigenvalue weighted by molar-refractivity contribution is 9.10. The summed E-state index contributed by atoms with van der Waals surface area (Å²) in [5, 5.41) is 11.1. The average molecular weight is 309 g/mol. The third-order valence-corrected chi connectivity index (χ3v) is 3.80. The third kappa shape index (κ3) is 3.28. The Morgan fingerprint density at radius 2 is 2.00 bits per heavy atom. The van der Waals surface area contributed by atoms with Crippen LogP contribution < -0.4 is 0 Å². The Bertz CT molecular complexity index is 555. The number of halogens is 1. The predicted octanol–water partition coefficient (Wildman–Crippen LogP) is 4.11. The molecular weight excluding hydrogens is 300 g/mol. The number of thiophene rings is 1. The van der Waals surface area contributed by atoms with E-state index < -0.39 is 0 Å². The van der Waals surface area contributed by atoms with Crippen LogP contribution in [0.3, 0.4) is 0 Å². The van der Waals surface area contributed by atoms with Gasteiger partial charge in [0, 0.05) is 20.3 Å².